The van der Waals surface area contributed by atoms with Gasteiger partial charge >= 0.3 is 0 Å². The van der Waals surface area contributed by atoms with Crippen LogP contribution in [-0.4, -0.2) is 12.1 Å². The summed E-state index contributed by atoms with van der Waals surface area (Å²) in [6.45, 7) is 12.9. The highest BCUT2D eigenvalue weighted by atomic mass is 15.0. The number of rotatable bonds is 4. The minimum absolute atomic E-state index is 0.251. The van der Waals surface area contributed by atoms with Gasteiger partial charge in [-0.3, -0.25) is 0 Å². The lowest BCUT2D eigenvalue weighted by Gasteiger charge is -2.39. The molecule has 0 aromatic heterocycles. The molecule has 1 unspecified atom stereocenters. The predicted molar refractivity (Wildman–Crippen MR) is 77.3 cm³/mol. The van der Waals surface area contributed by atoms with E-state index >= 15 is 0 Å². The summed E-state index contributed by atoms with van der Waals surface area (Å²) < 4.78 is 0. The van der Waals surface area contributed by atoms with E-state index in [2.05, 4.69) is 39.9 Å². The van der Waals surface area contributed by atoms with Crippen LogP contribution in [-0.2, 0) is 0 Å². The van der Waals surface area contributed by atoms with Crippen molar-refractivity contribution in [2.45, 2.75) is 85.1 Å². The van der Waals surface area contributed by atoms with Crippen molar-refractivity contribution in [1.29, 1.82) is 0 Å². The fourth-order valence-corrected chi connectivity index (χ4v) is 3.00. The molecular formula is C16H33N. The third-order valence-electron chi connectivity index (χ3n) is 4.67. The highest BCUT2D eigenvalue weighted by Gasteiger charge is 2.33. The van der Waals surface area contributed by atoms with Gasteiger partial charge in [-0.2, -0.15) is 0 Å². The first kappa shape index (κ1) is 15.0. The van der Waals surface area contributed by atoms with Gasteiger partial charge in [0, 0.05) is 12.1 Å². The van der Waals surface area contributed by atoms with Crippen molar-refractivity contribution in [3.8, 4) is 0 Å². The van der Waals surface area contributed by atoms with E-state index in [1.807, 2.05) is 0 Å². The number of nitrogens with one attached hydrogen (secondary N) is 1. The van der Waals surface area contributed by atoms with Crippen LogP contribution in [0, 0.1) is 11.3 Å². The van der Waals surface area contributed by atoms with Crippen molar-refractivity contribution in [3.05, 3.63) is 0 Å². The quantitative estimate of drug-likeness (QED) is 0.697. The second kappa shape index (κ2) is 6.22. The van der Waals surface area contributed by atoms with Gasteiger partial charge < -0.3 is 5.32 Å². The summed E-state index contributed by atoms with van der Waals surface area (Å²) in [6, 6.07) is 0. The molecule has 1 nitrogen and oxygen atoms in total. The third kappa shape index (κ3) is 4.99. The standard InChI is InChI=1S/C16H33N/c1-6-16(5,13-17-15(2,3)4)14-11-9-7-8-10-12-14/h14,17H,6-13H2,1-5H3. The first-order chi connectivity index (χ1) is 7.87. The Kier molecular flexibility index (Phi) is 5.50. The number of hydrogen-bond donors (Lipinski definition) is 1. The van der Waals surface area contributed by atoms with Crippen molar-refractivity contribution in [2.24, 2.45) is 11.3 Å². The van der Waals surface area contributed by atoms with Crippen LogP contribution in [0.2, 0.25) is 0 Å². The molecule has 0 heterocycles. The topological polar surface area (TPSA) is 12.0 Å². The Bertz CT molecular complexity index is 208. The largest absolute Gasteiger partial charge is 0.312 e. The SMILES string of the molecule is CCC(C)(CNC(C)(C)C)C1CCCCCC1. The molecule has 1 aliphatic rings. The summed E-state index contributed by atoms with van der Waals surface area (Å²) in [7, 11) is 0. The molecule has 1 N–H and O–H groups in total. The van der Waals surface area contributed by atoms with Gasteiger partial charge in [0.05, 0.1) is 0 Å². The molecule has 0 amide bonds. The Hall–Kier alpha value is -0.0400. The summed E-state index contributed by atoms with van der Waals surface area (Å²) >= 11 is 0. The molecule has 17 heavy (non-hydrogen) atoms. The lowest BCUT2D eigenvalue weighted by molar-refractivity contribution is 0.139. The molecule has 1 aliphatic carbocycles. The maximum absolute atomic E-state index is 3.73. The fraction of sp³-hybridized carbons (Fsp3) is 1.00. The van der Waals surface area contributed by atoms with Gasteiger partial charge in [-0.15, -0.1) is 0 Å². The minimum atomic E-state index is 0.251. The van der Waals surface area contributed by atoms with Crippen molar-refractivity contribution < 1.29 is 0 Å². The summed E-state index contributed by atoms with van der Waals surface area (Å²) in [4.78, 5) is 0. The Balaban J connectivity index is 2.58. The van der Waals surface area contributed by atoms with E-state index in [1.54, 1.807) is 0 Å². The second-order valence-electron chi connectivity index (χ2n) is 7.30. The summed E-state index contributed by atoms with van der Waals surface area (Å²) in [5.74, 6) is 0.935. The highest BCUT2D eigenvalue weighted by Crippen LogP contribution is 2.39. The Morgan fingerprint density at radius 2 is 1.47 bits per heavy atom. The van der Waals surface area contributed by atoms with E-state index in [9.17, 15) is 0 Å². The monoisotopic (exact) mass is 239 g/mol. The second-order valence-corrected chi connectivity index (χ2v) is 7.30. The molecular weight excluding hydrogens is 206 g/mol. The minimum Gasteiger partial charge on any atom is -0.312 e. The van der Waals surface area contributed by atoms with E-state index in [1.165, 1.54) is 51.5 Å². The third-order valence-corrected chi connectivity index (χ3v) is 4.67. The zero-order valence-electron chi connectivity index (χ0n) is 12.7. The van der Waals surface area contributed by atoms with Crippen molar-refractivity contribution >= 4 is 0 Å². The Morgan fingerprint density at radius 3 is 1.88 bits per heavy atom. The lowest BCUT2D eigenvalue weighted by atomic mass is 9.71. The highest BCUT2D eigenvalue weighted by molar-refractivity contribution is 4.87. The maximum Gasteiger partial charge on any atom is 0.00967 e. The van der Waals surface area contributed by atoms with Crippen LogP contribution in [0.15, 0.2) is 0 Å². The molecule has 102 valence electrons. The lowest BCUT2D eigenvalue weighted by Crippen LogP contribution is -2.45. The normalized spacial score (nSPS) is 23.1. The van der Waals surface area contributed by atoms with Gasteiger partial charge in [0.15, 0.2) is 0 Å². The van der Waals surface area contributed by atoms with Gasteiger partial charge in [-0.05, 0) is 51.4 Å². The zero-order chi connectivity index (χ0) is 12.9. The molecule has 0 aliphatic heterocycles. The smallest absolute Gasteiger partial charge is 0.00967 e. The average Bonchev–Trinajstić information content (AvgIpc) is 2.54. The van der Waals surface area contributed by atoms with E-state index in [0.717, 1.165) is 5.92 Å². The zero-order valence-corrected chi connectivity index (χ0v) is 12.7. The predicted octanol–water partition coefficient (Wildman–Crippen LogP) is 4.76. The Morgan fingerprint density at radius 1 is 0.941 bits per heavy atom. The molecule has 1 heteroatoms. The van der Waals surface area contributed by atoms with E-state index in [-0.39, 0.29) is 5.54 Å². The van der Waals surface area contributed by atoms with Crippen LogP contribution in [0.3, 0.4) is 0 Å². The van der Waals surface area contributed by atoms with Crippen LogP contribution < -0.4 is 5.32 Å². The molecule has 1 atom stereocenters. The van der Waals surface area contributed by atoms with Crippen LogP contribution in [0.4, 0.5) is 0 Å². The van der Waals surface area contributed by atoms with E-state index in [0.29, 0.717) is 5.41 Å². The first-order valence-corrected chi connectivity index (χ1v) is 7.62. The molecule has 0 saturated heterocycles. The summed E-state index contributed by atoms with van der Waals surface area (Å²) in [6.07, 6.45) is 10.0. The molecule has 1 saturated carbocycles. The van der Waals surface area contributed by atoms with Gasteiger partial charge in [0.25, 0.3) is 0 Å². The molecule has 0 spiro atoms. The molecule has 0 aromatic rings. The molecule has 1 fully saturated rings. The van der Waals surface area contributed by atoms with E-state index < -0.39 is 0 Å². The number of hydrogen-bond acceptors (Lipinski definition) is 1. The van der Waals surface area contributed by atoms with Gasteiger partial charge in [-0.1, -0.05) is 39.5 Å². The maximum atomic E-state index is 3.73. The van der Waals surface area contributed by atoms with Crippen molar-refractivity contribution in [3.63, 3.8) is 0 Å². The first-order valence-electron chi connectivity index (χ1n) is 7.62. The molecule has 0 bridgehead atoms. The Labute approximate surface area is 109 Å². The van der Waals surface area contributed by atoms with Crippen LogP contribution in [0.25, 0.3) is 0 Å². The average molecular weight is 239 g/mol. The van der Waals surface area contributed by atoms with E-state index in [4.69, 9.17) is 0 Å². The fourth-order valence-electron chi connectivity index (χ4n) is 3.00. The van der Waals surface area contributed by atoms with Crippen LogP contribution in [0.5, 0.6) is 0 Å². The molecule has 1 rings (SSSR count). The summed E-state index contributed by atoms with van der Waals surface area (Å²) in [5, 5.41) is 3.73. The van der Waals surface area contributed by atoms with Crippen molar-refractivity contribution in [1.82, 2.24) is 5.32 Å². The van der Waals surface area contributed by atoms with Crippen LogP contribution >= 0.6 is 0 Å². The van der Waals surface area contributed by atoms with Gasteiger partial charge in [0.2, 0.25) is 0 Å². The molecule has 0 aromatic carbocycles. The summed E-state index contributed by atoms with van der Waals surface area (Å²) in [5.41, 5.74) is 0.749. The molecule has 0 radical (unpaired) electrons. The van der Waals surface area contributed by atoms with Crippen molar-refractivity contribution in [2.75, 3.05) is 6.54 Å². The van der Waals surface area contributed by atoms with Gasteiger partial charge in [-0.25, -0.2) is 0 Å². The van der Waals surface area contributed by atoms with Gasteiger partial charge in [0.1, 0.15) is 0 Å². The van der Waals surface area contributed by atoms with Crippen LogP contribution in [0.1, 0.15) is 79.6 Å².